The predicted molar refractivity (Wildman–Crippen MR) is 85.7 cm³/mol. The Balaban J connectivity index is 1.86. The van der Waals surface area contributed by atoms with Gasteiger partial charge >= 0.3 is 0 Å². The summed E-state index contributed by atoms with van der Waals surface area (Å²) >= 11 is 0. The highest BCUT2D eigenvalue weighted by molar-refractivity contribution is 6.10. The van der Waals surface area contributed by atoms with Gasteiger partial charge in [-0.25, -0.2) is 0 Å². The maximum atomic E-state index is 12.6. The fourth-order valence-corrected chi connectivity index (χ4v) is 2.86. The molecule has 1 atom stereocenters. The van der Waals surface area contributed by atoms with Crippen LogP contribution in [0.5, 0.6) is 0 Å². The van der Waals surface area contributed by atoms with Gasteiger partial charge in [0.05, 0.1) is 18.4 Å². The van der Waals surface area contributed by atoms with Gasteiger partial charge in [-0.2, -0.15) is 0 Å². The molecule has 5 heteroatoms. The zero-order valence-electron chi connectivity index (χ0n) is 12.7. The third-order valence-electron chi connectivity index (χ3n) is 3.96. The smallest absolute Gasteiger partial charge is 0.264 e. The topological polar surface area (TPSA) is 70.8 Å². The fourth-order valence-electron chi connectivity index (χ4n) is 2.86. The van der Waals surface area contributed by atoms with Crippen LogP contribution < -0.4 is 4.90 Å². The normalized spacial score (nSPS) is 20.3. The van der Waals surface area contributed by atoms with E-state index in [2.05, 4.69) is 0 Å². The molecule has 1 unspecified atom stereocenters. The number of ketones is 1. The number of carbonyl (C=O) groups is 2. The number of nitrogens with zero attached hydrogens (tertiary/aromatic N) is 1. The highest BCUT2D eigenvalue weighted by atomic mass is 16.3. The Morgan fingerprint density at radius 3 is 2.78 bits per heavy atom. The molecule has 5 nitrogen and oxygen atoms in total. The lowest BCUT2D eigenvalue weighted by molar-refractivity contribution is -0.140. The van der Waals surface area contributed by atoms with E-state index in [1.165, 1.54) is 23.3 Å². The summed E-state index contributed by atoms with van der Waals surface area (Å²) in [5, 5.41) is 10.9. The maximum absolute atomic E-state index is 12.6. The molecular formula is C18H17NO4. The number of hydrogen-bond acceptors (Lipinski definition) is 4. The lowest BCUT2D eigenvalue weighted by Crippen LogP contribution is -2.41. The van der Waals surface area contributed by atoms with Crippen molar-refractivity contribution in [1.29, 1.82) is 0 Å². The third-order valence-corrected chi connectivity index (χ3v) is 3.96. The number of likely N-dealkylation sites (N-methyl/N-ethyl adjacent to an activating group) is 1. The number of rotatable bonds is 5. The Labute approximate surface area is 133 Å². The van der Waals surface area contributed by atoms with Gasteiger partial charge in [-0.1, -0.05) is 18.2 Å². The SMILES string of the molecule is CCN1C(=O)C(O)(CC(=O)/C=C/c2ccco2)c2ccccc21. The second kappa shape index (κ2) is 5.85. The van der Waals surface area contributed by atoms with Crippen LogP contribution in [0.3, 0.4) is 0 Å². The number of amides is 1. The Kier molecular flexibility index (Phi) is 3.88. The van der Waals surface area contributed by atoms with Crippen molar-refractivity contribution >= 4 is 23.5 Å². The summed E-state index contributed by atoms with van der Waals surface area (Å²) < 4.78 is 5.11. The Bertz CT molecular complexity index is 763. The van der Waals surface area contributed by atoms with E-state index in [9.17, 15) is 14.7 Å². The van der Waals surface area contributed by atoms with Gasteiger partial charge in [0.25, 0.3) is 5.91 Å². The van der Waals surface area contributed by atoms with Crippen LogP contribution in [-0.4, -0.2) is 23.3 Å². The van der Waals surface area contributed by atoms with Crippen LogP contribution in [0, 0.1) is 0 Å². The number of hydrogen-bond donors (Lipinski definition) is 1. The minimum Gasteiger partial charge on any atom is -0.465 e. The van der Waals surface area contributed by atoms with Crippen LogP contribution >= 0.6 is 0 Å². The number of furan rings is 1. The van der Waals surface area contributed by atoms with Crippen LogP contribution in [0.25, 0.3) is 6.08 Å². The third kappa shape index (κ3) is 2.59. The summed E-state index contributed by atoms with van der Waals surface area (Å²) in [5.74, 6) is -0.260. The summed E-state index contributed by atoms with van der Waals surface area (Å²) in [5.41, 5.74) is -0.672. The first-order valence-electron chi connectivity index (χ1n) is 7.44. The molecule has 118 valence electrons. The molecule has 1 aromatic carbocycles. The van der Waals surface area contributed by atoms with E-state index in [1.807, 2.05) is 6.92 Å². The van der Waals surface area contributed by atoms with Gasteiger partial charge in [0, 0.05) is 12.1 Å². The second-order valence-electron chi connectivity index (χ2n) is 5.42. The molecule has 23 heavy (non-hydrogen) atoms. The van der Waals surface area contributed by atoms with Crippen molar-refractivity contribution in [2.24, 2.45) is 0 Å². The number of anilines is 1. The number of para-hydroxylation sites is 1. The summed E-state index contributed by atoms with van der Waals surface area (Å²) in [6, 6.07) is 10.4. The van der Waals surface area contributed by atoms with Crippen molar-refractivity contribution in [3.05, 3.63) is 60.1 Å². The Morgan fingerprint density at radius 1 is 1.30 bits per heavy atom. The second-order valence-corrected chi connectivity index (χ2v) is 5.42. The highest BCUT2D eigenvalue weighted by Gasteiger charge is 2.49. The molecule has 0 saturated heterocycles. The van der Waals surface area contributed by atoms with Crippen LogP contribution in [0.1, 0.15) is 24.7 Å². The van der Waals surface area contributed by atoms with Gasteiger partial charge in [-0.05, 0) is 37.3 Å². The van der Waals surface area contributed by atoms with Crippen LogP contribution in [0.4, 0.5) is 5.69 Å². The Hall–Kier alpha value is -2.66. The van der Waals surface area contributed by atoms with Gasteiger partial charge in [-0.15, -0.1) is 0 Å². The average Bonchev–Trinajstić information content (AvgIpc) is 3.13. The van der Waals surface area contributed by atoms with E-state index in [0.717, 1.165) is 0 Å². The molecule has 0 fully saturated rings. The molecule has 0 saturated carbocycles. The zero-order chi connectivity index (χ0) is 16.4. The molecule has 0 spiro atoms. The molecule has 0 bridgehead atoms. The van der Waals surface area contributed by atoms with Crippen LogP contribution in [-0.2, 0) is 15.2 Å². The molecule has 0 radical (unpaired) electrons. The molecule has 1 aliphatic rings. The molecule has 2 aromatic rings. The Morgan fingerprint density at radius 2 is 2.09 bits per heavy atom. The van der Waals surface area contributed by atoms with E-state index in [0.29, 0.717) is 23.6 Å². The average molecular weight is 311 g/mol. The van der Waals surface area contributed by atoms with Crippen LogP contribution in [0.2, 0.25) is 0 Å². The number of fused-ring (bicyclic) bond motifs is 1. The molecule has 3 rings (SSSR count). The zero-order valence-corrected chi connectivity index (χ0v) is 12.7. The maximum Gasteiger partial charge on any atom is 0.264 e. The first-order valence-corrected chi connectivity index (χ1v) is 7.44. The van der Waals surface area contributed by atoms with Crippen molar-refractivity contribution in [2.45, 2.75) is 18.9 Å². The van der Waals surface area contributed by atoms with E-state index >= 15 is 0 Å². The number of allylic oxidation sites excluding steroid dienone is 1. The van der Waals surface area contributed by atoms with E-state index < -0.39 is 11.5 Å². The highest BCUT2D eigenvalue weighted by Crippen LogP contribution is 2.42. The monoisotopic (exact) mass is 311 g/mol. The summed E-state index contributed by atoms with van der Waals surface area (Å²) in [7, 11) is 0. The first-order chi connectivity index (χ1) is 11.1. The van der Waals surface area contributed by atoms with Crippen molar-refractivity contribution in [1.82, 2.24) is 0 Å². The largest absolute Gasteiger partial charge is 0.465 e. The molecule has 1 N–H and O–H groups in total. The van der Waals surface area contributed by atoms with Crippen LogP contribution in [0.15, 0.2) is 53.2 Å². The van der Waals surface area contributed by atoms with Gasteiger partial charge in [-0.3, -0.25) is 9.59 Å². The number of aliphatic hydroxyl groups is 1. The van der Waals surface area contributed by atoms with Gasteiger partial charge < -0.3 is 14.4 Å². The summed E-state index contributed by atoms with van der Waals surface area (Å²) in [6.45, 7) is 2.27. The minimum atomic E-state index is -1.81. The van der Waals surface area contributed by atoms with Gasteiger partial charge in [0.1, 0.15) is 5.76 Å². The van der Waals surface area contributed by atoms with Gasteiger partial charge in [0.15, 0.2) is 11.4 Å². The molecular weight excluding hydrogens is 294 g/mol. The quantitative estimate of drug-likeness (QED) is 0.861. The van der Waals surface area contributed by atoms with Crippen molar-refractivity contribution in [2.75, 3.05) is 11.4 Å². The van der Waals surface area contributed by atoms with Crippen molar-refractivity contribution in [3.8, 4) is 0 Å². The molecule has 2 heterocycles. The molecule has 0 aliphatic carbocycles. The number of benzene rings is 1. The van der Waals surface area contributed by atoms with E-state index in [-0.39, 0.29) is 12.2 Å². The van der Waals surface area contributed by atoms with E-state index in [1.54, 1.807) is 36.4 Å². The first kappa shape index (κ1) is 15.2. The van der Waals surface area contributed by atoms with Crippen molar-refractivity contribution in [3.63, 3.8) is 0 Å². The van der Waals surface area contributed by atoms with E-state index in [4.69, 9.17) is 4.42 Å². The lowest BCUT2D eigenvalue weighted by Gasteiger charge is -2.21. The lowest BCUT2D eigenvalue weighted by atomic mass is 9.90. The molecule has 1 aliphatic heterocycles. The standard InChI is InChI=1S/C18H17NO4/c1-2-19-16-8-4-3-7-15(16)18(22,17(19)21)12-13(20)9-10-14-6-5-11-23-14/h3-11,22H,2,12H2,1H3/b10-9+. The minimum absolute atomic E-state index is 0.295. The summed E-state index contributed by atoms with van der Waals surface area (Å²) in [4.78, 5) is 26.3. The van der Waals surface area contributed by atoms with Crippen molar-refractivity contribution < 1.29 is 19.1 Å². The van der Waals surface area contributed by atoms with Gasteiger partial charge in [0.2, 0.25) is 0 Å². The molecule has 1 aromatic heterocycles. The summed E-state index contributed by atoms with van der Waals surface area (Å²) in [6.07, 6.45) is 4.06. The number of carbonyl (C=O) groups excluding carboxylic acids is 2. The molecule has 1 amide bonds. The fraction of sp³-hybridized carbons (Fsp3) is 0.222. The predicted octanol–water partition coefficient (Wildman–Crippen LogP) is 2.51.